The molecule has 19 heavy (non-hydrogen) atoms. The highest BCUT2D eigenvalue weighted by Crippen LogP contribution is 2.35. The molecule has 2 rings (SSSR count). The lowest BCUT2D eigenvalue weighted by molar-refractivity contribution is 0.201. The van der Waals surface area contributed by atoms with Gasteiger partial charge in [0.05, 0.1) is 22.8 Å². The number of hydrogen-bond acceptors (Lipinski definition) is 2. The van der Waals surface area contributed by atoms with Gasteiger partial charge in [0.25, 0.3) is 0 Å². The second kappa shape index (κ2) is 5.14. The van der Waals surface area contributed by atoms with Gasteiger partial charge < -0.3 is 4.74 Å². The van der Waals surface area contributed by atoms with Gasteiger partial charge in [-0.2, -0.15) is 5.10 Å². The molecule has 1 aromatic carbocycles. The number of rotatable bonds is 3. The summed E-state index contributed by atoms with van der Waals surface area (Å²) in [6.07, 6.45) is 0.779. The van der Waals surface area contributed by atoms with E-state index in [1.807, 2.05) is 17.8 Å². The highest BCUT2D eigenvalue weighted by Gasteiger charge is 2.22. The Morgan fingerprint density at radius 1 is 1.32 bits per heavy atom. The molecule has 3 nitrogen and oxygen atoms in total. The molecule has 2 aromatic rings. The molecule has 0 aliphatic heterocycles. The van der Waals surface area contributed by atoms with Crippen LogP contribution in [0.15, 0.2) is 12.1 Å². The molecule has 0 spiro atoms. The van der Waals surface area contributed by atoms with Gasteiger partial charge >= 0.3 is 0 Å². The maximum Gasteiger partial charge on any atom is 0.0741 e. The van der Waals surface area contributed by atoms with Crippen molar-refractivity contribution in [2.24, 2.45) is 7.05 Å². The van der Waals surface area contributed by atoms with Gasteiger partial charge in [0.15, 0.2) is 0 Å². The summed E-state index contributed by atoms with van der Waals surface area (Å²) in [6.45, 7) is 7.27. The molecule has 4 heteroatoms. The smallest absolute Gasteiger partial charge is 0.0741 e. The summed E-state index contributed by atoms with van der Waals surface area (Å²) in [4.78, 5) is 0. The fraction of sp³-hybridized carbons (Fsp3) is 0.533. The number of benzene rings is 1. The highest BCUT2D eigenvalue weighted by molar-refractivity contribution is 6.35. The predicted molar refractivity (Wildman–Crippen MR) is 80.0 cm³/mol. The van der Waals surface area contributed by atoms with Gasteiger partial charge in [-0.3, -0.25) is 4.68 Å². The van der Waals surface area contributed by atoms with Crippen LogP contribution in [0.25, 0.3) is 10.9 Å². The molecule has 104 valence electrons. The molecule has 0 aliphatic rings. The van der Waals surface area contributed by atoms with Gasteiger partial charge in [0.2, 0.25) is 0 Å². The van der Waals surface area contributed by atoms with Gasteiger partial charge in [-0.25, -0.2) is 0 Å². The number of halogens is 1. The Morgan fingerprint density at radius 3 is 2.58 bits per heavy atom. The molecule has 0 aliphatic carbocycles. The van der Waals surface area contributed by atoms with Crippen molar-refractivity contribution in [3.05, 3.63) is 28.4 Å². The van der Waals surface area contributed by atoms with Gasteiger partial charge in [-0.05, 0) is 17.0 Å². The monoisotopic (exact) mass is 280 g/mol. The maximum absolute atomic E-state index is 6.38. The molecule has 1 heterocycles. The van der Waals surface area contributed by atoms with Crippen LogP contribution in [0, 0.1) is 0 Å². The van der Waals surface area contributed by atoms with Crippen molar-refractivity contribution >= 4 is 22.5 Å². The van der Waals surface area contributed by atoms with Crippen molar-refractivity contribution in [2.75, 3.05) is 13.7 Å². The Balaban J connectivity index is 2.71. The molecule has 0 bridgehead atoms. The largest absolute Gasteiger partial charge is 0.384 e. The van der Waals surface area contributed by atoms with E-state index in [4.69, 9.17) is 16.3 Å². The minimum atomic E-state index is 0.0646. The van der Waals surface area contributed by atoms with Crippen LogP contribution < -0.4 is 0 Å². The van der Waals surface area contributed by atoms with Crippen LogP contribution in [0.4, 0.5) is 0 Å². The first kappa shape index (κ1) is 14.4. The van der Waals surface area contributed by atoms with Crippen LogP contribution in [-0.4, -0.2) is 23.5 Å². The Bertz CT molecular complexity index is 596. The van der Waals surface area contributed by atoms with Crippen LogP contribution in [0.3, 0.4) is 0 Å². The average molecular weight is 281 g/mol. The zero-order valence-corrected chi connectivity index (χ0v) is 13.0. The quantitative estimate of drug-likeness (QED) is 0.857. The fourth-order valence-electron chi connectivity index (χ4n) is 2.44. The lowest BCUT2D eigenvalue weighted by Crippen LogP contribution is -2.13. The van der Waals surface area contributed by atoms with Crippen LogP contribution >= 0.6 is 11.6 Å². The molecule has 0 amide bonds. The molecule has 0 radical (unpaired) electrons. The number of methoxy groups -OCH3 is 1. The van der Waals surface area contributed by atoms with Crippen molar-refractivity contribution < 1.29 is 4.74 Å². The number of aryl methyl sites for hydroxylation is 1. The third-order valence-electron chi connectivity index (χ3n) is 3.36. The topological polar surface area (TPSA) is 27.1 Å². The van der Waals surface area contributed by atoms with E-state index >= 15 is 0 Å². The van der Waals surface area contributed by atoms with E-state index in [0.29, 0.717) is 6.61 Å². The van der Waals surface area contributed by atoms with Gasteiger partial charge in [-0.1, -0.05) is 38.4 Å². The number of fused-ring (bicyclic) bond motifs is 1. The van der Waals surface area contributed by atoms with Crippen LogP contribution in [0.1, 0.15) is 32.0 Å². The van der Waals surface area contributed by atoms with Crippen molar-refractivity contribution in [2.45, 2.75) is 32.6 Å². The Kier molecular flexibility index (Phi) is 3.88. The number of ether oxygens (including phenoxy) is 1. The lowest BCUT2D eigenvalue weighted by Gasteiger charge is -2.21. The summed E-state index contributed by atoms with van der Waals surface area (Å²) in [5.74, 6) is 0. The van der Waals surface area contributed by atoms with E-state index in [0.717, 1.165) is 28.0 Å². The lowest BCUT2D eigenvalue weighted by atomic mass is 9.85. The number of aromatic nitrogens is 2. The normalized spacial score (nSPS) is 12.3. The summed E-state index contributed by atoms with van der Waals surface area (Å²) in [7, 11) is 3.68. The second-order valence-electron chi connectivity index (χ2n) is 5.88. The third kappa shape index (κ3) is 2.63. The zero-order chi connectivity index (χ0) is 14.2. The summed E-state index contributed by atoms with van der Waals surface area (Å²) in [5.41, 5.74) is 3.47. The standard InChI is InChI=1S/C15H21ClN2O/c1-15(2,3)10-6-7-11(16)13-12(8-9-19-5)17-18(4)14(10)13/h6-7H,8-9H2,1-5H3. The van der Waals surface area contributed by atoms with Crippen molar-refractivity contribution in [1.82, 2.24) is 9.78 Å². The van der Waals surface area contributed by atoms with Crippen LogP contribution in [0.2, 0.25) is 5.02 Å². The van der Waals surface area contributed by atoms with Crippen molar-refractivity contribution in [1.29, 1.82) is 0 Å². The zero-order valence-electron chi connectivity index (χ0n) is 12.2. The first-order valence-corrected chi connectivity index (χ1v) is 6.87. The molecule has 0 unspecified atom stereocenters. The molecule has 1 aromatic heterocycles. The van der Waals surface area contributed by atoms with Gasteiger partial charge in [-0.15, -0.1) is 0 Å². The summed E-state index contributed by atoms with van der Waals surface area (Å²) < 4.78 is 7.09. The van der Waals surface area contributed by atoms with E-state index in [-0.39, 0.29) is 5.41 Å². The fourth-order valence-corrected chi connectivity index (χ4v) is 2.70. The molecular formula is C15H21ClN2O. The first-order valence-electron chi connectivity index (χ1n) is 6.49. The van der Waals surface area contributed by atoms with Gasteiger partial charge in [0.1, 0.15) is 0 Å². The van der Waals surface area contributed by atoms with Crippen molar-refractivity contribution in [3.63, 3.8) is 0 Å². The maximum atomic E-state index is 6.38. The molecule has 0 saturated carbocycles. The molecule has 0 saturated heterocycles. The summed E-state index contributed by atoms with van der Waals surface area (Å²) in [5, 5.41) is 6.44. The van der Waals surface area contributed by atoms with E-state index in [2.05, 4.69) is 31.9 Å². The van der Waals surface area contributed by atoms with E-state index in [1.54, 1.807) is 7.11 Å². The first-order chi connectivity index (χ1) is 8.86. The number of nitrogens with zero attached hydrogens (tertiary/aromatic N) is 2. The van der Waals surface area contributed by atoms with E-state index in [1.165, 1.54) is 5.56 Å². The summed E-state index contributed by atoms with van der Waals surface area (Å²) >= 11 is 6.38. The summed E-state index contributed by atoms with van der Waals surface area (Å²) in [6, 6.07) is 4.08. The molecular weight excluding hydrogens is 260 g/mol. The minimum absolute atomic E-state index is 0.0646. The molecule has 0 atom stereocenters. The SMILES string of the molecule is COCCc1nn(C)c2c(C(C)(C)C)ccc(Cl)c12. The molecule has 0 fully saturated rings. The highest BCUT2D eigenvalue weighted by atomic mass is 35.5. The number of hydrogen-bond donors (Lipinski definition) is 0. The Morgan fingerprint density at radius 2 is 2.00 bits per heavy atom. The predicted octanol–water partition coefficient (Wildman–Crippen LogP) is 3.71. The van der Waals surface area contributed by atoms with Crippen LogP contribution in [0.5, 0.6) is 0 Å². The Hall–Kier alpha value is -1.06. The van der Waals surface area contributed by atoms with Crippen LogP contribution in [-0.2, 0) is 23.6 Å². The van der Waals surface area contributed by atoms with Gasteiger partial charge in [0, 0.05) is 26.0 Å². The Labute approximate surface area is 119 Å². The average Bonchev–Trinajstić information content (AvgIpc) is 2.64. The van der Waals surface area contributed by atoms with E-state index < -0.39 is 0 Å². The minimum Gasteiger partial charge on any atom is -0.384 e. The third-order valence-corrected chi connectivity index (χ3v) is 3.68. The van der Waals surface area contributed by atoms with Crippen molar-refractivity contribution in [3.8, 4) is 0 Å². The molecule has 0 N–H and O–H groups in total. The van der Waals surface area contributed by atoms with E-state index in [9.17, 15) is 0 Å². The second-order valence-corrected chi connectivity index (χ2v) is 6.29.